The van der Waals surface area contributed by atoms with Crippen LogP contribution in [0.2, 0.25) is 0 Å². The summed E-state index contributed by atoms with van der Waals surface area (Å²) in [5, 5.41) is 10.5. The van der Waals surface area contributed by atoms with Gasteiger partial charge in [0.15, 0.2) is 5.82 Å². The lowest BCUT2D eigenvalue weighted by Crippen LogP contribution is -2.34. The van der Waals surface area contributed by atoms with Crippen LogP contribution < -0.4 is 5.32 Å². The van der Waals surface area contributed by atoms with Gasteiger partial charge in [0.2, 0.25) is 12.3 Å². The van der Waals surface area contributed by atoms with Crippen LogP contribution in [0.3, 0.4) is 0 Å². The predicted molar refractivity (Wildman–Crippen MR) is 127 cm³/mol. The van der Waals surface area contributed by atoms with Crippen LogP contribution in [0.25, 0.3) is 11.1 Å². The Bertz CT molecular complexity index is 1140. The molecule has 0 aliphatic heterocycles. The maximum Gasteiger partial charge on any atom is 0.413 e. The fourth-order valence-corrected chi connectivity index (χ4v) is 3.03. The predicted octanol–water partition coefficient (Wildman–Crippen LogP) is 3.46. The first kappa shape index (κ1) is 23.4. The monoisotopic (exact) mass is 446 g/mol. The Kier molecular flexibility index (Phi) is 8.07. The van der Waals surface area contributed by atoms with Crippen molar-refractivity contribution < 1.29 is 14.3 Å². The standard InChI is InChI=1S/C24H26N6O3/c1-18-23(27-15-29(18)2)28-16-30(17-31)14-22(25)33-24(32)26-12-11-19-7-6-10-21(13-19)20-8-4-3-5-9-20/h3-10,13,15-17,25H,11-12,14H2,1-2H3,(H,26,32)/b25-22?,28-16-. The Hall–Kier alpha value is -4.27. The first-order valence-electron chi connectivity index (χ1n) is 10.4. The van der Waals surface area contributed by atoms with Crippen molar-refractivity contribution in [1.82, 2.24) is 19.8 Å². The number of aryl methyl sites for hydroxylation is 1. The smallest absolute Gasteiger partial charge is 0.394 e. The van der Waals surface area contributed by atoms with Crippen LogP contribution in [0.15, 0.2) is 65.9 Å². The number of hydrogen-bond acceptors (Lipinski definition) is 6. The molecule has 0 atom stereocenters. The molecule has 0 saturated heterocycles. The zero-order valence-electron chi connectivity index (χ0n) is 18.6. The largest absolute Gasteiger partial charge is 0.413 e. The molecule has 3 aromatic rings. The van der Waals surface area contributed by atoms with Crippen molar-refractivity contribution in [1.29, 1.82) is 5.41 Å². The third-order valence-electron chi connectivity index (χ3n) is 4.93. The molecule has 1 heterocycles. The molecule has 2 aromatic carbocycles. The number of carbonyl (C=O) groups excluding carboxylic acids is 2. The molecule has 9 heteroatoms. The van der Waals surface area contributed by atoms with Crippen LogP contribution >= 0.6 is 0 Å². The fourth-order valence-electron chi connectivity index (χ4n) is 3.03. The van der Waals surface area contributed by atoms with E-state index in [0.29, 0.717) is 25.2 Å². The second-order valence-electron chi connectivity index (χ2n) is 7.34. The van der Waals surface area contributed by atoms with Crippen LogP contribution in [-0.2, 0) is 23.0 Å². The number of nitrogens with one attached hydrogen (secondary N) is 2. The summed E-state index contributed by atoms with van der Waals surface area (Å²) in [4.78, 5) is 32.6. The lowest BCUT2D eigenvalue weighted by molar-refractivity contribution is -0.114. The van der Waals surface area contributed by atoms with E-state index in [4.69, 9.17) is 10.1 Å². The van der Waals surface area contributed by atoms with Crippen LogP contribution in [0.4, 0.5) is 10.6 Å². The zero-order valence-corrected chi connectivity index (χ0v) is 18.6. The van der Waals surface area contributed by atoms with Gasteiger partial charge in [-0.3, -0.25) is 15.1 Å². The molecule has 0 bridgehead atoms. The third kappa shape index (κ3) is 6.86. The first-order valence-corrected chi connectivity index (χ1v) is 10.4. The van der Waals surface area contributed by atoms with Crippen molar-refractivity contribution in [3.63, 3.8) is 0 Å². The second kappa shape index (κ2) is 11.4. The third-order valence-corrected chi connectivity index (χ3v) is 4.93. The van der Waals surface area contributed by atoms with Crippen LogP contribution in [-0.4, -0.2) is 52.3 Å². The number of benzene rings is 2. The number of amides is 2. The Morgan fingerprint density at radius 3 is 2.67 bits per heavy atom. The highest BCUT2D eigenvalue weighted by molar-refractivity contribution is 5.90. The molecule has 3 rings (SSSR count). The van der Waals surface area contributed by atoms with Gasteiger partial charge in [0.25, 0.3) is 0 Å². The van der Waals surface area contributed by atoms with Gasteiger partial charge >= 0.3 is 6.09 Å². The highest BCUT2D eigenvalue weighted by atomic mass is 16.6. The van der Waals surface area contributed by atoms with Crippen molar-refractivity contribution in [2.75, 3.05) is 13.1 Å². The molecule has 0 unspecified atom stereocenters. The van der Waals surface area contributed by atoms with Gasteiger partial charge in [0.1, 0.15) is 12.9 Å². The summed E-state index contributed by atoms with van der Waals surface area (Å²) >= 11 is 0. The van der Waals surface area contributed by atoms with Gasteiger partial charge in [-0.05, 0) is 30.0 Å². The van der Waals surface area contributed by atoms with E-state index in [2.05, 4.69) is 21.4 Å². The molecular weight excluding hydrogens is 420 g/mol. The minimum atomic E-state index is -0.748. The summed E-state index contributed by atoms with van der Waals surface area (Å²) in [6.45, 7) is 1.96. The summed E-state index contributed by atoms with van der Waals surface area (Å²) in [6.07, 6.45) is 3.22. The SMILES string of the molecule is Cc1c(/N=C\N(C=O)CC(=N)OC(=O)NCCc2cccc(-c3ccccc3)c2)ncn1C. The molecule has 1 aromatic heterocycles. The summed E-state index contributed by atoms with van der Waals surface area (Å²) in [6, 6.07) is 18.1. The second-order valence-corrected chi connectivity index (χ2v) is 7.34. The number of ether oxygens (including phenoxy) is 1. The van der Waals surface area contributed by atoms with Crippen LogP contribution in [0, 0.1) is 12.3 Å². The number of nitrogens with zero attached hydrogens (tertiary/aromatic N) is 4. The zero-order chi connectivity index (χ0) is 23.6. The molecule has 2 N–H and O–H groups in total. The molecular formula is C24H26N6O3. The number of rotatable bonds is 9. The van der Waals surface area contributed by atoms with Crippen molar-refractivity contribution >= 4 is 30.6 Å². The molecule has 0 spiro atoms. The van der Waals surface area contributed by atoms with E-state index in [9.17, 15) is 9.59 Å². The minimum absolute atomic E-state index is 0.231. The summed E-state index contributed by atoms with van der Waals surface area (Å²) in [5.41, 5.74) is 4.13. The van der Waals surface area contributed by atoms with Crippen molar-refractivity contribution in [3.05, 3.63) is 72.2 Å². The summed E-state index contributed by atoms with van der Waals surface area (Å²) in [7, 11) is 1.83. The molecule has 2 amide bonds. The van der Waals surface area contributed by atoms with Gasteiger partial charge in [-0.15, -0.1) is 0 Å². The molecule has 0 aliphatic carbocycles. The van der Waals surface area contributed by atoms with Gasteiger partial charge in [0, 0.05) is 13.6 Å². The van der Waals surface area contributed by atoms with E-state index in [0.717, 1.165) is 27.3 Å². The number of hydrogen-bond donors (Lipinski definition) is 2. The highest BCUT2D eigenvalue weighted by Crippen LogP contribution is 2.20. The van der Waals surface area contributed by atoms with Gasteiger partial charge in [0.05, 0.1) is 12.0 Å². The number of aliphatic imine (C=N–C) groups is 1. The quantitative estimate of drug-likeness (QED) is 0.298. The first-order chi connectivity index (χ1) is 16.0. The number of alkyl carbamates (subject to hydrolysis) is 1. The van der Waals surface area contributed by atoms with E-state index in [1.165, 1.54) is 6.34 Å². The topological polar surface area (TPSA) is 113 Å². The van der Waals surface area contributed by atoms with E-state index in [-0.39, 0.29) is 12.4 Å². The molecule has 0 saturated carbocycles. The maximum atomic E-state index is 12.0. The van der Waals surface area contributed by atoms with E-state index >= 15 is 0 Å². The van der Waals surface area contributed by atoms with E-state index < -0.39 is 6.09 Å². The Balaban J connectivity index is 1.44. The average molecular weight is 447 g/mol. The normalized spacial score (nSPS) is 10.7. The van der Waals surface area contributed by atoms with Crippen molar-refractivity contribution in [3.8, 4) is 11.1 Å². The molecule has 0 radical (unpaired) electrons. The lowest BCUT2D eigenvalue weighted by atomic mass is 10.0. The van der Waals surface area contributed by atoms with Gasteiger partial charge in [-0.25, -0.2) is 14.8 Å². The Morgan fingerprint density at radius 2 is 1.97 bits per heavy atom. The molecule has 9 nitrogen and oxygen atoms in total. The number of aromatic nitrogens is 2. The van der Waals surface area contributed by atoms with Gasteiger partial charge < -0.3 is 14.6 Å². The minimum Gasteiger partial charge on any atom is -0.394 e. The number of imidazole rings is 1. The van der Waals surface area contributed by atoms with E-state index in [1.54, 1.807) is 10.9 Å². The van der Waals surface area contributed by atoms with Crippen molar-refractivity contribution in [2.24, 2.45) is 12.0 Å². The summed E-state index contributed by atoms with van der Waals surface area (Å²) < 4.78 is 6.74. The lowest BCUT2D eigenvalue weighted by Gasteiger charge is -2.12. The Morgan fingerprint density at radius 1 is 1.21 bits per heavy atom. The molecule has 170 valence electrons. The molecule has 0 aliphatic rings. The average Bonchev–Trinajstić information content (AvgIpc) is 3.14. The van der Waals surface area contributed by atoms with Crippen LogP contribution in [0.1, 0.15) is 11.3 Å². The van der Waals surface area contributed by atoms with Gasteiger partial charge in [-0.2, -0.15) is 0 Å². The Labute approximate surface area is 192 Å². The van der Waals surface area contributed by atoms with Crippen LogP contribution in [0.5, 0.6) is 0 Å². The maximum absolute atomic E-state index is 12.0. The molecule has 33 heavy (non-hydrogen) atoms. The van der Waals surface area contributed by atoms with Crippen molar-refractivity contribution in [2.45, 2.75) is 13.3 Å². The summed E-state index contributed by atoms with van der Waals surface area (Å²) in [5.74, 6) is 0.0840. The van der Waals surface area contributed by atoms with Gasteiger partial charge in [-0.1, -0.05) is 54.6 Å². The molecule has 0 fully saturated rings. The highest BCUT2D eigenvalue weighted by Gasteiger charge is 2.11. The van der Waals surface area contributed by atoms with E-state index in [1.807, 2.05) is 62.5 Å². The fraction of sp³-hybridized carbons (Fsp3) is 0.208. The number of carbonyl (C=O) groups is 2.